The number of nitrogens with one attached hydrogen (secondary N) is 2. The summed E-state index contributed by atoms with van der Waals surface area (Å²) in [5, 5.41) is 13.2. The van der Waals surface area contributed by atoms with Gasteiger partial charge in [0, 0.05) is 19.3 Å². The molecule has 0 bridgehead atoms. The maximum Gasteiger partial charge on any atom is 0.326 e. The number of rotatable bonds is 11. The molecule has 2 saturated heterocycles. The van der Waals surface area contributed by atoms with E-state index in [-0.39, 0.29) is 42.8 Å². The monoisotopic (exact) mass is 465 g/mol. The molecule has 178 valence electrons. The lowest BCUT2D eigenvalue weighted by Gasteiger charge is -2.37. The van der Waals surface area contributed by atoms with Gasteiger partial charge in [0.05, 0.1) is 30.5 Å². The first-order chi connectivity index (χ1) is 15.5. The minimum Gasteiger partial charge on any atom is -0.480 e. The fourth-order valence-corrected chi connectivity index (χ4v) is 5.36. The third kappa shape index (κ3) is 5.83. The maximum atomic E-state index is 13.4. The van der Waals surface area contributed by atoms with Crippen molar-refractivity contribution in [1.29, 1.82) is 0 Å². The minimum atomic E-state index is -0.981. The van der Waals surface area contributed by atoms with E-state index in [0.717, 1.165) is 25.8 Å². The van der Waals surface area contributed by atoms with Crippen LogP contribution in [0.4, 0.5) is 0 Å². The van der Waals surface area contributed by atoms with Crippen molar-refractivity contribution >= 4 is 29.5 Å². The largest absolute Gasteiger partial charge is 0.480 e. The Morgan fingerprint density at radius 2 is 2.19 bits per heavy atom. The number of aromatic amines is 1. The number of aliphatic carboxylic acids is 1. The van der Waals surface area contributed by atoms with Crippen LogP contribution in [0.1, 0.15) is 44.7 Å². The first kappa shape index (κ1) is 24.6. The molecule has 10 heteroatoms. The van der Waals surface area contributed by atoms with E-state index in [1.807, 2.05) is 11.2 Å². The summed E-state index contributed by atoms with van der Waals surface area (Å²) in [5.41, 5.74) is 0.681. The molecule has 0 aliphatic carbocycles. The highest BCUT2D eigenvalue weighted by molar-refractivity contribution is 7.98. The molecule has 1 aromatic heterocycles. The van der Waals surface area contributed by atoms with E-state index in [4.69, 9.17) is 0 Å². The minimum absolute atomic E-state index is 0.0274. The van der Waals surface area contributed by atoms with Gasteiger partial charge in [0.2, 0.25) is 11.8 Å². The number of hydrogen-bond donors (Lipinski definition) is 3. The van der Waals surface area contributed by atoms with Gasteiger partial charge in [0.25, 0.3) is 0 Å². The second-order valence-corrected chi connectivity index (χ2v) is 9.61. The number of nitrogens with zero attached hydrogens (tertiary/aromatic N) is 3. The van der Waals surface area contributed by atoms with E-state index in [2.05, 4.69) is 22.2 Å². The molecule has 2 amide bonds. The Balaban J connectivity index is 1.83. The standard InChI is InChI=1S/C22H35N5O4S/c1-3-15-6-9-26(20(28)11-16-12-23-14-25-16)19(15)13-27(18(22(30)31)7-10-32-2)21(29)17-5-4-8-24-17/h12,14-15,17-19,24H,3-11,13H2,1-2H3,(H,23,25)(H,30,31)/t15-,17-,18?,19?/m0/s1. The lowest BCUT2D eigenvalue weighted by Crippen LogP contribution is -2.56. The quantitative estimate of drug-likeness (QED) is 0.452. The summed E-state index contributed by atoms with van der Waals surface area (Å²) in [5.74, 6) is -0.272. The van der Waals surface area contributed by atoms with Crippen molar-refractivity contribution in [2.24, 2.45) is 5.92 Å². The van der Waals surface area contributed by atoms with Crippen molar-refractivity contribution in [3.8, 4) is 0 Å². The summed E-state index contributed by atoms with van der Waals surface area (Å²) >= 11 is 1.57. The van der Waals surface area contributed by atoms with E-state index in [1.165, 1.54) is 0 Å². The molecule has 3 heterocycles. The number of thioether (sulfide) groups is 1. The highest BCUT2D eigenvalue weighted by Gasteiger charge is 2.42. The molecule has 3 N–H and O–H groups in total. The normalized spacial score (nSPS) is 23.9. The Morgan fingerprint density at radius 1 is 1.38 bits per heavy atom. The molecule has 0 saturated carbocycles. The summed E-state index contributed by atoms with van der Waals surface area (Å²) in [6, 6.07) is -1.42. The topological polar surface area (TPSA) is 119 Å². The SMILES string of the molecule is CC[C@H]1CCN(C(=O)Cc2c[nH]cn2)C1CN(C(=O)[C@@H]1CCCN1)C(CCSC)C(=O)O. The van der Waals surface area contributed by atoms with E-state index in [0.29, 0.717) is 30.8 Å². The van der Waals surface area contributed by atoms with Gasteiger partial charge in [-0.05, 0) is 50.2 Å². The van der Waals surface area contributed by atoms with Crippen LogP contribution in [0.2, 0.25) is 0 Å². The fraction of sp³-hybridized carbons (Fsp3) is 0.727. The Labute approximate surface area is 193 Å². The molecule has 4 atom stereocenters. The summed E-state index contributed by atoms with van der Waals surface area (Å²) in [7, 11) is 0. The number of amides is 2. The van der Waals surface area contributed by atoms with Gasteiger partial charge in [-0.1, -0.05) is 13.3 Å². The average molecular weight is 466 g/mol. The Bertz CT molecular complexity index is 768. The number of H-pyrrole nitrogens is 1. The number of carbonyl (C=O) groups excluding carboxylic acids is 2. The molecule has 2 fully saturated rings. The Kier molecular flexibility index (Phi) is 8.98. The smallest absolute Gasteiger partial charge is 0.326 e. The van der Waals surface area contributed by atoms with Crippen molar-refractivity contribution in [1.82, 2.24) is 25.1 Å². The molecular weight excluding hydrogens is 430 g/mol. The highest BCUT2D eigenvalue weighted by atomic mass is 32.2. The van der Waals surface area contributed by atoms with Gasteiger partial charge >= 0.3 is 5.97 Å². The van der Waals surface area contributed by atoms with E-state index in [1.54, 1.807) is 29.2 Å². The maximum absolute atomic E-state index is 13.4. The van der Waals surface area contributed by atoms with Gasteiger partial charge < -0.3 is 25.2 Å². The van der Waals surface area contributed by atoms with Crippen LogP contribution in [0.3, 0.4) is 0 Å². The van der Waals surface area contributed by atoms with Crippen LogP contribution < -0.4 is 5.32 Å². The van der Waals surface area contributed by atoms with Gasteiger partial charge in [0.1, 0.15) is 6.04 Å². The molecule has 2 unspecified atom stereocenters. The van der Waals surface area contributed by atoms with Crippen LogP contribution in [-0.2, 0) is 20.8 Å². The predicted octanol–water partition coefficient (Wildman–Crippen LogP) is 1.37. The van der Waals surface area contributed by atoms with Crippen LogP contribution in [0.5, 0.6) is 0 Å². The summed E-state index contributed by atoms with van der Waals surface area (Å²) in [6.45, 7) is 3.74. The summed E-state index contributed by atoms with van der Waals surface area (Å²) < 4.78 is 0. The number of likely N-dealkylation sites (tertiary alicyclic amines) is 1. The molecule has 32 heavy (non-hydrogen) atoms. The van der Waals surface area contributed by atoms with E-state index in [9.17, 15) is 19.5 Å². The zero-order valence-electron chi connectivity index (χ0n) is 19.0. The molecular formula is C22H35N5O4S. The van der Waals surface area contributed by atoms with Gasteiger partial charge in [-0.15, -0.1) is 0 Å². The highest BCUT2D eigenvalue weighted by Crippen LogP contribution is 2.30. The number of hydrogen-bond acceptors (Lipinski definition) is 6. The first-order valence-electron chi connectivity index (χ1n) is 11.5. The number of carbonyl (C=O) groups is 3. The zero-order chi connectivity index (χ0) is 23.1. The molecule has 2 aliphatic rings. The number of carboxylic acids is 1. The number of imidazole rings is 1. The molecule has 0 aromatic carbocycles. The van der Waals surface area contributed by atoms with E-state index < -0.39 is 12.0 Å². The van der Waals surface area contributed by atoms with Crippen molar-refractivity contribution in [3.05, 3.63) is 18.2 Å². The summed E-state index contributed by atoms with van der Waals surface area (Å²) in [4.78, 5) is 49.2. The molecule has 3 rings (SSSR count). The zero-order valence-corrected chi connectivity index (χ0v) is 19.8. The average Bonchev–Trinajstić information content (AvgIpc) is 3.54. The van der Waals surface area contributed by atoms with Crippen LogP contribution >= 0.6 is 11.8 Å². The van der Waals surface area contributed by atoms with Gasteiger partial charge in [-0.2, -0.15) is 11.8 Å². The van der Waals surface area contributed by atoms with Gasteiger partial charge in [-0.25, -0.2) is 9.78 Å². The number of carboxylic acid groups (broad SMARTS) is 1. The number of aromatic nitrogens is 2. The second-order valence-electron chi connectivity index (χ2n) is 8.62. The Morgan fingerprint density at radius 3 is 2.78 bits per heavy atom. The van der Waals surface area contributed by atoms with Crippen molar-refractivity contribution in [2.75, 3.05) is 31.6 Å². The Hall–Kier alpha value is -2.07. The predicted molar refractivity (Wildman–Crippen MR) is 123 cm³/mol. The molecule has 2 aliphatic heterocycles. The molecule has 9 nitrogen and oxygen atoms in total. The lowest BCUT2D eigenvalue weighted by molar-refractivity contribution is -0.152. The first-order valence-corrected chi connectivity index (χ1v) is 12.9. The lowest BCUT2D eigenvalue weighted by atomic mass is 9.95. The van der Waals surface area contributed by atoms with Crippen molar-refractivity contribution in [2.45, 2.75) is 63.6 Å². The van der Waals surface area contributed by atoms with E-state index >= 15 is 0 Å². The van der Waals surface area contributed by atoms with Crippen LogP contribution in [0.25, 0.3) is 0 Å². The third-order valence-corrected chi connectivity index (χ3v) is 7.34. The van der Waals surface area contributed by atoms with Crippen molar-refractivity contribution in [3.63, 3.8) is 0 Å². The molecule has 0 spiro atoms. The molecule has 0 radical (unpaired) electrons. The van der Waals surface area contributed by atoms with Crippen LogP contribution in [0, 0.1) is 5.92 Å². The van der Waals surface area contributed by atoms with Crippen LogP contribution in [0.15, 0.2) is 12.5 Å². The fourth-order valence-electron chi connectivity index (χ4n) is 4.91. The molecule has 1 aromatic rings. The third-order valence-electron chi connectivity index (χ3n) is 6.70. The van der Waals surface area contributed by atoms with Crippen molar-refractivity contribution < 1.29 is 19.5 Å². The summed E-state index contributed by atoms with van der Waals surface area (Å²) in [6.07, 6.45) is 9.15. The van der Waals surface area contributed by atoms with Gasteiger partial charge in [-0.3, -0.25) is 9.59 Å². The van der Waals surface area contributed by atoms with Crippen LogP contribution in [-0.4, -0.2) is 92.4 Å². The van der Waals surface area contributed by atoms with Gasteiger partial charge in [0.15, 0.2) is 0 Å². The second kappa shape index (κ2) is 11.7.